The Bertz CT molecular complexity index is 1410. The van der Waals surface area contributed by atoms with E-state index < -0.39 is 33.0 Å². The molecule has 0 bridgehead atoms. The Morgan fingerprint density at radius 1 is 1.11 bits per heavy atom. The lowest BCUT2D eigenvalue weighted by atomic mass is 9.63. The van der Waals surface area contributed by atoms with Gasteiger partial charge in [0.25, 0.3) is 0 Å². The van der Waals surface area contributed by atoms with E-state index in [2.05, 4.69) is 5.10 Å². The maximum Gasteiger partial charge on any atom is 0.313 e. The smallest absolute Gasteiger partial charge is 0.313 e. The number of sulfonamides is 1. The third-order valence-corrected chi connectivity index (χ3v) is 8.90. The summed E-state index contributed by atoms with van der Waals surface area (Å²) >= 11 is 0. The third-order valence-electron chi connectivity index (χ3n) is 7.06. The Hall–Kier alpha value is -3.18. The molecule has 2 heterocycles. The first-order chi connectivity index (χ1) is 16.7. The van der Waals surface area contributed by atoms with Gasteiger partial charge in [-0.05, 0) is 73.2 Å². The van der Waals surface area contributed by atoms with E-state index in [1.807, 2.05) is 0 Å². The highest BCUT2D eigenvalue weighted by molar-refractivity contribution is 7.89. The first-order valence-electron chi connectivity index (χ1n) is 11.0. The fourth-order valence-electron chi connectivity index (χ4n) is 5.25. The summed E-state index contributed by atoms with van der Waals surface area (Å²) in [5, 5.41) is 4.44. The van der Waals surface area contributed by atoms with Crippen LogP contribution < -0.4 is 0 Å². The van der Waals surface area contributed by atoms with E-state index in [1.54, 1.807) is 23.0 Å². The largest absolute Gasteiger partial charge is 0.469 e. The van der Waals surface area contributed by atoms with E-state index in [0.717, 1.165) is 27.7 Å². The molecular formula is C24H22F3N3O4S. The molecule has 0 N–H and O–H groups in total. The molecule has 0 radical (unpaired) electrons. The number of piperidine rings is 1. The molecule has 2 aliphatic rings. The Morgan fingerprint density at radius 2 is 1.86 bits per heavy atom. The zero-order valence-corrected chi connectivity index (χ0v) is 19.6. The molecule has 11 heteroatoms. The number of aromatic nitrogens is 2. The van der Waals surface area contributed by atoms with Crippen molar-refractivity contribution in [3.8, 4) is 5.69 Å². The molecule has 184 valence electrons. The van der Waals surface area contributed by atoms with Crippen molar-refractivity contribution < 1.29 is 31.1 Å². The van der Waals surface area contributed by atoms with E-state index in [-0.39, 0.29) is 36.1 Å². The molecule has 0 saturated carbocycles. The van der Waals surface area contributed by atoms with Crippen molar-refractivity contribution in [2.75, 3.05) is 20.2 Å². The van der Waals surface area contributed by atoms with Crippen LogP contribution in [0.2, 0.25) is 0 Å². The van der Waals surface area contributed by atoms with Gasteiger partial charge in [-0.2, -0.15) is 9.40 Å². The van der Waals surface area contributed by atoms with Crippen molar-refractivity contribution in [2.24, 2.45) is 11.3 Å². The number of carbonyl (C=O) groups excluding carboxylic acids is 1. The summed E-state index contributed by atoms with van der Waals surface area (Å²) in [6.07, 6.45) is 2.62. The number of benzene rings is 2. The lowest BCUT2D eigenvalue weighted by Gasteiger charge is -2.48. The van der Waals surface area contributed by atoms with Crippen molar-refractivity contribution in [3.05, 3.63) is 77.4 Å². The third kappa shape index (κ3) is 3.82. The van der Waals surface area contributed by atoms with Crippen molar-refractivity contribution in [1.82, 2.24) is 14.1 Å². The average molecular weight is 506 g/mol. The number of rotatable bonds is 4. The molecule has 1 saturated heterocycles. The minimum absolute atomic E-state index is 0.102. The molecule has 7 nitrogen and oxygen atoms in total. The van der Waals surface area contributed by atoms with Gasteiger partial charge in [-0.1, -0.05) is 0 Å². The number of methoxy groups -OCH3 is 1. The fourth-order valence-corrected chi connectivity index (χ4v) is 6.78. The van der Waals surface area contributed by atoms with Crippen LogP contribution in [0.3, 0.4) is 0 Å². The second kappa shape index (κ2) is 8.49. The zero-order valence-electron chi connectivity index (χ0n) is 18.7. The Balaban J connectivity index is 1.51. The van der Waals surface area contributed by atoms with Crippen LogP contribution >= 0.6 is 0 Å². The molecule has 35 heavy (non-hydrogen) atoms. The van der Waals surface area contributed by atoms with Gasteiger partial charge in [-0.25, -0.2) is 26.3 Å². The standard InChI is InChI=1S/C24H22F3N3O4S/c1-34-23(31)24-12-15-13-28-30(18-4-2-17(25)3-5-18)22(15)10-16(24)8-9-29(14-24)35(32,33)19-6-7-20(26)21(27)11-19/h2-7,11,13,16H,8-10,12,14H2,1H3/t16-,24-/m0/s1. The topological polar surface area (TPSA) is 81.5 Å². The van der Waals surface area contributed by atoms with Crippen LogP contribution in [0.4, 0.5) is 13.2 Å². The Morgan fingerprint density at radius 3 is 2.54 bits per heavy atom. The normalized spacial score (nSPS) is 22.3. The number of hydrogen-bond acceptors (Lipinski definition) is 5. The number of hydrogen-bond donors (Lipinski definition) is 0. The number of nitrogens with zero attached hydrogens (tertiary/aromatic N) is 3. The van der Waals surface area contributed by atoms with E-state index in [9.17, 15) is 26.4 Å². The summed E-state index contributed by atoms with van der Waals surface area (Å²) in [5.41, 5.74) is 1.15. The number of esters is 1. The van der Waals surface area contributed by atoms with Crippen molar-refractivity contribution in [2.45, 2.75) is 24.2 Å². The summed E-state index contributed by atoms with van der Waals surface area (Å²) in [7, 11) is -2.93. The van der Waals surface area contributed by atoms with Crippen LogP contribution in [0.1, 0.15) is 17.7 Å². The summed E-state index contributed by atoms with van der Waals surface area (Å²) in [6, 6.07) is 8.33. The zero-order chi connectivity index (χ0) is 25.0. The second-order valence-corrected chi connectivity index (χ2v) is 10.9. The maximum atomic E-state index is 13.8. The van der Waals surface area contributed by atoms with Crippen LogP contribution in [-0.4, -0.2) is 48.7 Å². The molecule has 1 aliphatic heterocycles. The van der Waals surface area contributed by atoms with Gasteiger partial charge in [0.2, 0.25) is 10.0 Å². The van der Waals surface area contributed by atoms with Crippen molar-refractivity contribution >= 4 is 16.0 Å². The lowest BCUT2D eigenvalue weighted by molar-refractivity contribution is -0.160. The van der Waals surface area contributed by atoms with E-state index in [4.69, 9.17) is 4.74 Å². The molecular weight excluding hydrogens is 483 g/mol. The van der Waals surface area contributed by atoms with Gasteiger partial charge in [0, 0.05) is 18.8 Å². The van der Waals surface area contributed by atoms with Gasteiger partial charge in [-0.15, -0.1) is 0 Å². The van der Waals surface area contributed by atoms with Gasteiger partial charge in [0.1, 0.15) is 5.82 Å². The first kappa shape index (κ1) is 23.6. The van der Waals surface area contributed by atoms with Crippen LogP contribution in [-0.2, 0) is 32.4 Å². The highest BCUT2D eigenvalue weighted by Gasteiger charge is 2.55. The Kier molecular flexibility index (Phi) is 5.71. The molecule has 5 rings (SSSR count). The number of halogens is 3. The maximum absolute atomic E-state index is 13.8. The number of fused-ring (bicyclic) bond motifs is 2. The Labute approximate surface area is 200 Å². The van der Waals surface area contributed by atoms with Crippen LogP contribution in [0.5, 0.6) is 0 Å². The van der Waals surface area contributed by atoms with Gasteiger partial charge >= 0.3 is 5.97 Å². The highest BCUT2D eigenvalue weighted by atomic mass is 32.2. The average Bonchev–Trinajstić information content (AvgIpc) is 3.25. The predicted molar refractivity (Wildman–Crippen MR) is 119 cm³/mol. The van der Waals surface area contributed by atoms with Gasteiger partial charge < -0.3 is 4.74 Å². The molecule has 0 amide bonds. The summed E-state index contributed by atoms with van der Waals surface area (Å²) < 4.78 is 75.1. The summed E-state index contributed by atoms with van der Waals surface area (Å²) in [6.45, 7) is -0.0579. The van der Waals surface area contributed by atoms with Gasteiger partial charge in [0.15, 0.2) is 11.6 Å². The molecule has 2 aromatic carbocycles. The van der Waals surface area contributed by atoms with Crippen LogP contribution in [0, 0.1) is 28.8 Å². The fraction of sp³-hybridized carbons (Fsp3) is 0.333. The number of carbonyl (C=O) groups is 1. The SMILES string of the molecule is COC(=O)[C@]12Cc3cnn(-c4ccc(F)cc4)c3C[C@@H]1CCN(S(=O)(=O)c1ccc(F)c(F)c1)C2. The minimum Gasteiger partial charge on any atom is -0.469 e. The quantitative estimate of drug-likeness (QED) is 0.509. The van der Waals surface area contributed by atoms with Crippen molar-refractivity contribution in [1.29, 1.82) is 0 Å². The summed E-state index contributed by atoms with van der Waals surface area (Å²) in [5.74, 6) is -3.55. The van der Waals surface area contributed by atoms with Crippen molar-refractivity contribution in [3.63, 3.8) is 0 Å². The van der Waals surface area contributed by atoms with E-state index >= 15 is 0 Å². The molecule has 3 aromatic rings. The van der Waals surface area contributed by atoms with Gasteiger partial charge in [-0.3, -0.25) is 4.79 Å². The van der Waals surface area contributed by atoms with E-state index in [1.165, 1.54) is 19.2 Å². The van der Waals surface area contributed by atoms with Crippen LogP contribution in [0.25, 0.3) is 5.69 Å². The molecule has 1 aliphatic carbocycles. The lowest BCUT2D eigenvalue weighted by Crippen LogP contribution is -2.58. The molecule has 0 unspecified atom stereocenters. The molecule has 2 atom stereocenters. The van der Waals surface area contributed by atoms with E-state index in [0.29, 0.717) is 24.6 Å². The van der Waals surface area contributed by atoms with Gasteiger partial charge in [0.05, 0.1) is 29.3 Å². The van der Waals surface area contributed by atoms with Crippen LogP contribution in [0.15, 0.2) is 53.6 Å². The predicted octanol–water partition coefficient (Wildman–Crippen LogP) is 3.26. The monoisotopic (exact) mass is 505 g/mol. The molecule has 0 spiro atoms. The minimum atomic E-state index is -4.19. The first-order valence-corrected chi connectivity index (χ1v) is 12.4. The second-order valence-electron chi connectivity index (χ2n) is 8.93. The number of ether oxygens (including phenoxy) is 1. The highest BCUT2D eigenvalue weighted by Crippen LogP contribution is 2.47. The molecule has 1 fully saturated rings. The summed E-state index contributed by atoms with van der Waals surface area (Å²) in [4.78, 5) is 12.8. The molecule has 1 aromatic heterocycles.